The van der Waals surface area contributed by atoms with Crippen molar-refractivity contribution in [1.29, 1.82) is 0 Å². The van der Waals surface area contributed by atoms with Gasteiger partial charge in [-0.05, 0) is 167 Å². The molecule has 3 N–H and O–H groups in total. The fourth-order valence-electron chi connectivity index (χ4n) is 10.0. The Hall–Kier alpha value is -5.32. The van der Waals surface area contributed by atoms with Gasteiger partial charge >= 0.3 is 39.5 Å². The summed E-state index contributed by atoms with van der Waals surface area (Å²) in [5, 5.41) is 10.6. The summed E-state index contributed by atoms with van der Waals surface area (Å²) in [4.78, 5) is 73.0. The number of ether oxygens (including phenoxy) is 4. The van der Waals surface area contributed by atoms with Crippen LogP contribution in [0.2, 0.25) is 0 Å². The molecule has 0 aromatic carbocycles. The lowest BCUT2D eigenvalue weighted by molar-refractivity contribution is -0.161. The van der Waals surface area contributed by atoms with Crippen molar-refractivity contribution in [2.45, 2.75) is 316 Å². The first-order chi connectivity index (χ1) is 50.7. The predicted molar refractivity (Wildman–Crippen MR) is 427 cm³/mol. The first kappa shape index (κ1) is 98.7. The van der Waals surface area contributed by atoms with Crippen LogP contribution in [0.1, 0.15) is 297 Å². The molecule has 0 spiro atoms. The van der Waals surface area contributed by atoms with Crippen LogP contribution in [0.15, 0.2) is 158 Å². The quantitative estimate of drug-likeness (QED) is 0.0169. The smallest absolute Gasteiger partial charge is 0.462 e. The molecule has 0 aromatic heterocycles. The summed E-state index contributed by atoms with van der Waals surface area (Å²) in [6, 6.07) is 0. The Kier molecular flexibility index (Phi) is 72.0. The second-order valence-corrected chi connectivity index (χ2v) is 28.8. The number of hydrogen-bond acceptors (Lipinski definition) is 15. The number of phosphoric acid groups is 2. The van der Waals surface area contributed by atoms with Gasteiger partial charge in [-0.2, -0.15) is 0 Å². The maximum absolute atomic E-state index is 13.1. The molecular weight excluding hydrogens is 1350 g/mol. The molecular formula is C85H140O17P2. The van der Waals surface area contributed by atoms with Crippen LogP contribution < -0.4 is 0 Å². The third-order valence-corrected chi connectivity index (χ3v) is 17.9. The number of aliphatic hydroxyl groups excluding tert-OH is 1. The summed E-state index contributed by atoms with van der Waals surface area (Å²) in [6.07, 6.45) is 88.0. The lowest BCUT2D eigenvalue weighted by Gasteiger charge is -2.21. The van der Waals surface area contributed by atoms with E-state index in [1.165, 1.54) is 25.7 Å². The van der Waals surface area contributed by atoms with Gasteiger partial charge in [-0.25, -0.2) is 9.13 Å². The Bertz CT molecular complexity index is 2590. The highest BCUT2D eigenvalue weighted by Crippen LogP contribution is 2.45. The maximum Gasteiger partial charge on any atom is 0.472 e. The van der Waals surface area contributed by atoms with E-state index in [0.717, 1.165) is 186 Å². The second-order valence-electron chi connectivity index (χ2n) is 25.9. The van der Waals surface area contributed by atoms with Gasteiger partial charge in [0.2, 0.25) is 0 Å². The SMILES string of the molecule is CC/C=C\C/C=C\C/C=C\C/C=C\C/C=C\CCCCCC(=O)OCC(COP(=O)(O)OCC(O)COP(=O)(O)OCC(COC(=O)CCCCCCCCC/C=C\C/C=C\C/C=C\CC)OC(=O)CCCC/C=C\C/C=C\C/C=C\C/C=C\CC)OC(=O)CCCCCCC/C=C\CCCCCC. The van der Waals surface area contributed by atoms with Crippen molar-refractivity contribution in [3.8, 4) is 0 Å². The number of rotatable bonds is 73. The van der Waals surface area contributed by atoms with E-state index in [2.05, 4.69) is 186 Å². The Morgan fingerprint density at radius 3 is 0.808 bits per heavy atom. The fourth-order valence-corrected chi connectivity index (χ4v) is 11.6. The molecule has 0 radical (unpaired) electrons. The number of esters is 4. The monoisotopic (exact) mass is 1490 g/mol. The summed E-state index contributed by atoms with van der Waals surface area (Å²) >= 11 is 0. The molecule has 104 heavy (non-hydrogen) atoms. The van der Waals surface area contributed by atoms with Gasteiger partial charge in [0.15, 0.2) is 12.2 Å². The lowest BCUT2D eigenvalue weighted by atomic mass is 10.1. The molecule has 0 bridgehead atoms. The number of phosphoric ester groups is 2. The molecule has 0 fully saturated rings. The van der Waals surface area contributed by atoms with Crippen LogP contribution in [0.25, 0.3) is 0 Å². The maximum atomic E-state index is 13.1. The van der Waals surface area contributed by atoms with Gasteiger partial charge in [0.25, 0.3) is 0 Å². The standard InChI is InChI=1S/C85H140O17P2/c1-5-9-13-17-21-25-29-33-36-38-39-41-44-47-50-54-58-62-66-70-83(88)95-75-80(101-84(89)71-67-63-59-55-51-45-32-28-24-20-16-12-8-4)77-99-103(91,92)97-73-79(86)74-98-104(93,94)100-78-81(102-85(90)72-68-64-60-56-52-48-42-35-31-27-23-19-15-11-7-3)76-96-82(87)69-65-61-57-53-49-46-43-40-37-34-30-26-22-18-14-10-6-2/h9-11,13-15,21-23,25-28,32-37,39,41-42,47,50,52,56,79-81,86H,5-8,12,16-20,24,29-31,38,40,43-46,48-49,51,53-55,57-78H2,1-4H3,(H,91,92)(H,93,94)/b13-9-,14-10-,15-11-,25-21-,26-22-,27-23-,32-28-,36-33-,37-34-,41-39-,42-35-,50-47-,56-52-. The first-order valence-electron chi connectivity index (χ1n) is 39.7. The molecule has 5 atom stereocenters. The minimum absolute atomic E-state index is 0.0350. The molecule has 5 unspecified atom stereocenters. The highest BCUT2D eigenvalue weighted by atomic mass is 31.2. The largest absolute Gasteiger partial charge is 0.472 e. The zero-order chi connectivity index (χ0) is 76.0. The fraction of sp³-hybridized carbons (Fsp3) is 0.647. The highest BCUT2D eigenvalue weighted by Gasteiger charge is 2.30. The Morgan fingerprint density at radius 1 is 0.279 bits per heavy atom. The summed E-state index contributed by atoms with van der Waals surface area (Å²) in [5.74, 6) is -2.29. The van der Waals surface area contributed by atoms with E-state index in [-0.39, 0.29) is 25.7 Å². The van der Waals surface area contributed by atoms with Crippen molar-refractivity contribution in [2.24, 2.45) is 0 Å². The molecule has 0 aliphatic rings. The van der Waals surface area contributed by atoms with Crippen molar-refractivity contribution in [3.63, 3.8) is 0 Å². The molecule has 0 amide bonds. The van der Waals surface area contributed by atoms with Gasteiger partial charge in [0.05, 0.1) is 26.4 Å². The van der Waals surface area contributed by atoms with Gasteiger partial charge in [0, 0.05) is 25.7 Å². The Labute approximate surface area is 629 Å². The molecule has 0 aliphatic heterocycles. The molecule has 592 valence electrons. The van der Waals surface area contributed by atoms with E-state index in [1.54, 1.807) is 0 Å². The summed E-state index contributed by atoms with van der Waals surface area (Å²) in [7, 11) is -9.99. The van der Waals surface area contributed by atoms with Crippen LogP contribution in [-0.4, -0.2) is 96.7 Å². The molecule has 0 saturated heterocycles. The van der Waals surface area contributed by atoms with E-state index in [4.69, 9.17) is 37.0 Å². The zero-order valence-corrected chi connectivity index (χ0v) is 66.4. The minimum Gasteiger partial charge on any atom is -0.462 e. The normalized spacial score (nSPS) is 14.7. The van der Waals surface area contributed by atoms with Gasteiger partial charge in [-0.15, -0.1) is 0 Å². The number of aliphatic hydroxyl groups is 1. The lowest BCUT2D eigenvalue weighted by Crippen LogP contribution is -2.30. The van der Waals surface area contributed by atoms with Crippen LogP contribution in [0.5, 0.6) is 0 Å². The number of carbonyl (C=O) groups is 4. The number of carbonyl (C=O) groups excluding carboxylic acids is 4. The second kappa shape index (κ2) is 75.9. The Morgan fingerprint density at radius 2 is 0.500 bits per heavy atom. The van der Waals surface area contributed by atoms with E-state index in [0.29, 0.717) is 32.1 Å². The first-order valence-corrected chi connectivity index (χ1v) is 42.7. The van der Waals surface area contributed by atoms with Gasteiger partial charge in [-0.1, -0.05) is 263 Å². The van der Waals surface area contributed by atoms with Gasteiger partial charge in [0.1, 0.15) is 19.3 Å². The van der Waals surface area contributed by atoms with Crippen LogP contribution >= 0.6 is 15.6 Å². The van der Waals surface area contributed by atoms with Crippen molar-refractivity contribution >= 4 is 39.5 Å². The van der Waals surface area contributed by atoms with Crippen LogP contribution in [0.4, 0.5) is 0 Å². The average molecular weight is 1500 g/mol. The van der Waals surface area contributed by atoms with Crippen molar-refractivity contribution in [3.05, 3.63) is 158 Å². The van der Waals surface area contributed by atoms with E-state index < -0.39 is 97.5 Å². The molecule has 0 rings (SSSR count). The third-order valence-electron chi connectivity index (χ3n) is 16.0. The summed E-state index contributed by atoms with van der Waals surface area (Å²) in [6.45, 7) is 4.41. The van der Waals surface area contributed by atoms with Gasteiger partial charge < -0.3 is 33.8 Å². The topological polar surface area (TPSA) is 237 Å². The molecule has 19 heteroatoms. The molecule has 17 nitrogen and oxygen atoms in total. The number of hydrogen-bond donors (Lipinski definition) is 3. The van der Waals surface area contributed by atoms with Crippen molar-refractivity contribution in [1.82, 2.24) is 0 Å². The predicted octanol–water partition coefficient (Wildman–Crippen LogP) is 23.2. The van der Waals surface area contributed by atoms with E-state index in [1.807, 2.05) is 0 Å². The number of unbranched alkanes of at least 4 members (excludes halogenated alkanes) is 21. The Balaban J connectivity index is 5.43. The van der Waals surface area contributed by atoms with Gasteiger partial charge in [-0.3, -0.25) is 37.3 Å². The molecule has 0 aromatic rings. The summed E-state index contributed by atoms with van der Waals surface area (Å²) < 4.78 is 68.5. The van der Waals surface area contributed by atoms with Crippen LogP contribution in [-0.2, 0) is 65.4 Å². The van der Waals surface area contributed by atoms with Crippen molar-refractivity contribution < 1.29 is 80.2 Å². The van der Waals surface area contributed by atoms with Crippen molar-refractivity contribution in [2.75, 3.05) is 39.6 Å². The number of allylic oxidation sites excluding steroid dienone is 26. The molecule has 0 saturated carbocycles. The molecule has 0 heterocycles. The van der Waals surface area contributed by atoms with E-state index >= 15 is 0 Å². The van der Waals surface area contributed by atoms with E-state index in [9.17, 15) is 43.2 Å². The van der Waals surface area contributed by atoms with Crippen LogP contribution in [0.3, 0.4) is 0 Å². The molecule has 0 aliphatic carbocycles. The summed E-state index contributed by atoms with van der Waals surface area (Å²) in [5.41, 5.74) is 0. The third kappa shape index (κ3) is 74.9. The highest BCUT2D eigenvalue weighted by molar-refractivity contribution is 7.47. The zero-order valence-electron chi connectivity index (χ0n) is 64.6. The average Bonchev–Trinajstić information content (AvgIpc) is 0.939. The van der Waals surface area contributed by atoms with Crippen LogP contribution in [0, 0.1) is 0 Å². The minimum atomic E-state index is -5.00.